The fourth-order valence-corrected chi connectivity index (χ4v) is 2.30. The van der Waals surface area contributed by atoms with E-state index >= 15 is 0 Å². The third kappa shape index (κ3) is 2.86. The van der Waals surface area contributed by atoms with Gasteiger partial charge in [0.05, 0.1) is 0 Å². The number of hydrogen-bond acceptors (Lipinski definition) is 1. The first kappa shape index (κ1) is 14.2. The Hall–Kier alpha value is -0.890. The molecule has 0 spiro atoms. The number of hydrogen-bond donors (Lipinski definition) is 1. The lowest BCUT2D eigenvalue weighted by molar-refractivity contribution is 0.510. The molecule has 0 radical (unpaired) electrons. The molecule has 0 heterocycles. The highest BCUT2D eigenvalue weighted by atomic mass is 19.1. The smallest absolute Gasteiger partial charge is 0.128 e. The van der Waals surface area contributed by atoms with Gasteiger partial charge in [0.1, 0.15) is 5.82 Å². The molecule has 17 heavy (non-hydrogen) atoms. The molecular weight excluding hydrogens is 213 g/mol. The predicted octanol–water partition coefficient (Wildman–Crippen LogP) is 3.88. The standard InChI is InChI=1S/C15H24FN/c1-14(2,3)11-7-8-12(16)10(9-17)13(11)15(4,5)6/h7-8H,9,17H2,1-6H3. The topological polar surface area (TPSA) is 26.0 Å². The summed E-state index contributed by atoms with van der Waals surface area (Å²) >= 11 is 0. The van der Waals surface area contributed by atoms with Crippen molar-refractivity contribution in [3.05, 3.63) is 34.6 Å². The van der Waals surface area contributed by atoms with E-state index in [2.05, 4.69) is 41.5 Å². The fraction of sp³-hybridized carbons (Fsp3) is 0.600. The van der Waals surface area contributed by atoms with Gasteiger partial charge >= 0.3 is 0 Å². The largest absolute Gasteiger partial charge is 0.326 e. The van der Waals surface area contributed by atoms with Crippen LogP contribution in [0.3, 0.4) is 0 Å². The van der Waals surface area contributed by atoms with Crippen molar-refractivity contribution in [3.63, 3.8) is 0 Å². The highest BCUT2D eigenvalue weighted by Gasteiger charge is 2.28. The molecule has 2 N–H and O–H groups in total. The minimum absolute atomic E-state index is 0.000231. The summed E-state index contributed by atoms with van der Waals surface area (Å²) in [5, 5.41) is 0. The Bertz CT molecular complexity index is 408. The van der Waals surface area contributed by atoms with Gasteiger partial charge in [0.25, 0.3) is 0 Å². The van der Waals surface area contributed by atoms with E-state index in [4.69, 9.17) is 5.73 Å². The molecule has 1 nitrogen and oxygen atoms in total. The second kappa shape index (κ2) is 4.41. The highest BCUT2D eigenvalue weighted by Crippen LogP contribution is 2.37. The Morgan fingerprint density at radius 3 is 1.88 bits per heavy atom. The van der Waals surface area contributed by atoms with E-state index < -0.39 is 0 Å². The highest BCUT2D eigenvalue weighted by molar-refractivity contribution is 5.44. The SMILES string of the molecule is CC(C)(C)c1ccc(F)c(CN)c1C(C)(C)C. The Kier molecular flexibility index (Phi) is 3.68. The average molecular weight is 237 g/mol. The van der Waals surface area contributed by atoms with E-state index in [1.54, 1.807) is 0 Å². The van der Waals surface area contributed by atoms with Gasteiger partial charge in [-0.1, -0.05) is 47.6 Å². The lowest BCUT2D eigenvalue weighted by atomic mass is 9.73. The van der Waals surface area contributed by atoms with Crippen molar-refractivity contribution in [3.8, 4) is 0 Å². The van der Waals surface area contributed by atoms with Crippen LogP contribution in [0.2, 0.25) is 0 Å². The molecule has 1 aromatic rings. The van der Waals surface area contributed by atoms with Crippen molar-refractivity contribution in [2.75, 3.05) is 0 Å². The minimum Gasteiger partial charge on any atom is -0.326 e. The third-order valence-electron chi connectivity index (χ3n) is 3.02. The predicted molar refractivity (Wildman–Crippen MR) is 71.7 cm³/mol. The van der Waals surface area contributed by atoms with Crippen LogP contribution in [0, 0.1) is 5.82 Å². The first-order valence-electron chi connectivity index (χ1n) is 6.11. The molecule has 0 saturated heterocycles. The van der Waals surface area contributed by atoms with Crippen molar-refractivity contribution >= 4 is 0 Å². The summed E-state index contributed by atoms with van der Waals surface area (Å²) < 4.78 is 13.9. The van der Waals surface area contributed by atoms with Crippen LogP contribution in [0.1, 0.15) is 58.2 Å². The molecule has 0 fully saturated rings. The molecule has 0 unspecified atom stereocenters. The number of rotatable bonds is 1. The Labute approximate surface area is 104 Å². The Morgan fingerprint density at radius 1 is 1.00 bits per heavy atom. The maximum Gasteiger partial charge on any atom is 0.128 e. The van der Waals surface area contributed by atoms with Gasteiger partial charge in [-0.25, -0.2) is 4.39 Å². The molecule has 0 amide bonds. The molecule has 2 heteroatoms. The van der Waals surface area contributed by atoms with Crippen LogP contribution in [0.5, 0.6) is 0 Å². The van der Waals surface area contributed by atoms with Gasteiger partial charge in [-0.2, -0.15) is 0 Å². The van der Waals surface area contributed by atoms with Crippen LogP contribution in [-0.4, -0.2) is 0 Å². The van der Waals surface area contributed by atoms with E-state index in [1.165, 1.54) is 11.6 Å². The third-order valence-corrected chi connectivity index (χ3v) is 3.02. The zero-order valence-electron chi connectivity index (χ0n) is 11.8. The van der Waals surface area contributed by atoms with Crippen molar-refractivity contribution in [1.29, 1.82) is 0 Å². The zero-order valence-corrected chi connectivity index (χ0v) is 11.8. The van der Waals surface area contributed by atoms with Crippen molar-refractivity contribution < 1.29 is 4.39 Å². The van der Waals surface area contributed by atoms with Gasteiger partial charge in [0.15, 0.2) is 0 Å². The van der Waals surface area contributed by atoms with Crippen molar-refractivity contribution in [2.45, 2.75) is 58.9 Å². The summed E-state index contributed by atoms with van der Waals surface area (Å²) in [7, 11) is 0. The normalized spacial score (nSPS) is 12.9. The number of halogens is 1. The van der Waals surface area contributed by atoms with Crippen LogP contribution in [0.4, 0.5) is 4.39 Å². The molecule has 0 aromatic heterocycles. The van der Waals surface area contributed by atoms with Gasteiger partial charge in [0.2, 0.25) is 0 Å². The first-order valence-corrected chi connectivity index (χ1v) is 6.11. The Balaban J connectivity index is 3.64. The molecule has 96 valence electrons. The monoisotopic (exact) mass is 237 g/mol. The molecule has 0 bridgehead atoms. The van der Waals surface area contributed by atoms with Crippen LogP contribution in [-0.2, 0) is 17.4 Å². The number of nitrogens with two attached hydrogens (primary N) is 1. The molecule has 0 aliphatic carbocycles. The van der Waals surface area contributed by atoms with E-state index in [1.807, 2.05) is 6.07 Å². The summed E-state index contributed by atoms with van der Waals surface area (Å²) in [4.78, 5) is 0. The maximum atomic E-state index is 13.9. The van der Waals surface area contributed by atoms with Gasteiger partial charge in [-0.3, -0.25) is 0 Å². The van der Waals surface area contributed by atoms with Crippen molar-refractivity contribution in [1.82, 2.24) is 0 Å². The molecular formula is C15H24FN. The summed E-state index contributed by atoms with van der Waals surface area (Å²) in [6, 6.07) is 3.44. The second-order valence-corrected chi connectivity index (χ2v) is 6.65. The van der Waals surface area contributed by atoms with Gasteiger partial charge in [0, 0.05) is 12.1 Å². The fourth-order valence-electron chi connectivity index (χ4n) is 2.30. The van der Waals surface area contributed by atoms with Crippen LogP contribution >= 0.6 is 0 Å². The minimum atomic E-state index is -0.189. The molecule has 0 aliphatic heterocycles. The molecule has 0 saturated carbocycles. The van der Waals surface area contributed by atoms with Gasteiger partial charge in [-0.15, -0.1) is 0 Å². The summed E-state index contributed by atoms with van der Waals surface area (Å²) in [6.45, 7) is 13.0. The average Bonchev–Trinajstić information content (AvgIpc) is 2.13. The first-order chi connectivity index (χ1) is 7.59. The lowest BCUT2D eigenvalue weighted by Gasteiger charge is -2.32. The van der Waals surface area contributed by atoms with E-state index in [9.17, 15) is 4.39 Å². The summed E-state index contributed by atoms with van der Waals surface area (Å²) in [6.07, 6.45) is 0. The summed E-state index contributed by atoms with van der Waals surface area (Å²) in [5.41, 5.74) is 8.53. The molecule has 0 atom stereocenters. The van der Waals surface area contributed by atoms with E-state index in [0.29, 0.717) is 5.56 Å². The quantitative estimate of drug-likeness (QED) is 0.788. The Morgan fingerprint density at radius 2 is 1.53 bits per heavy atom. The second-order valence-electron chi connectivity index (χ2n) is 6.65. The van der Waals surface area contributed by atoms with E-state index in [0.717, 1.165) is 5.56 Å². The summed E-state index contributed by atoms with van der Waals surface area (Å²) in [5.74, 6) is -0.189. The van der Waals surface area contributed by atoms with Crippen molar-refractivity contribution in [2.24, 2.45) is 5.73 Å². The van der Waals surface area contributed by atoms with E-state index in [-0.39, 0.29) is 23.2 Å². The van der Waals surface area contributed by atoms with Crippen LogP contribution in [0.15, 0.2) is 12.1 Å². The van der Waals surface area contributed by atoms with Crippen LogP contribution in [0.25, 0.3) is 0 Å². The zero-order chi connectivity index (χ0) is 13.4. The number of benzene rings is 1. The van der Waals surface area contributed by atoms with Crippen LogP contribution < -0.4 is 5.73 Å². The maximum absolute atomic E-state index is 13.9. The molecule has 1 aromatic carbocycles. The van der Waals surface area contributed by atoms with Gasteiger partial charge in [-0.05, 0) is 28.0 Å². The van der Waals surface area contributed by atoms with Gasteiger partial charge < -0.3 is 5.73 Å². The molecule has 1 rings (SSSR count). The lowest BCUT2D eigenvalue weighted by Crippen LogP contribution is -2.25. The molecule has 0 aliphatic rings.